The number of fused-ring (bicyclic) bond motifs is 7. The van der Waals surface area contributed by atoms with Crippen LogP contribution >= 0.6 is 0 Å². The van der Waals surface area contributed by atoms with E-state index in [-0.39, 0.29) is 11.9 Å². The summed E-state index contributed by atoms with van der Waals surface area (Å²) in [6.07, 6.45) is 16.6. The highest BCUT2D eigenvalue weighted by molar-refractivity contribution is 6.19. The van der Waals surface area contributed by atoms with Crippen molar-refractivity contribution >= 4 is 46.5 Å². The molecule has 7 heteroatoms. The standard InChI is InChI=1S/C33H30N6O/c1-38-16-14-29-30(3-2-4-31(29)38)32(40)39(28-11-12-28)33-15-13-26(37-33)19-25-8-7-22(35-25)17-21-5-6-23(34-21)18-24-9-10-27(20-33)36-24/h2-10,14,16-19,28,35-36H,11-13,15,20H2,1H3. The highest BCUT2D eigenvalue weighted by atomic mass is 16.2. The molecule has 1 unspecified atom stereocenters. The number of H-pyrrole nitrogens is 2. The van der Waals surface area contributed by atoms with Crippen molar-refractivity contribution in [2.24, 2.45) is 17.0 Å². The number of rotatable bonds is 3. The molecule has 0 spiro atoms. The van der Waals surface area contributed by atoms with Gasteiger partial charge in [0.1, 0.15) is 5.66 Å². The number of amides is 1. The molecule has 1 fully saturated rings. The van der Waals surface area contributed by atoms with Gasteiger partial charge in [0, 0.05) is 70.0 Å². The lowest BCUT2D eigenvalue weighted by Gasteiger charge is -2.39. The topological polar surface area (TPSA) is 81.5 Å². The Hall–Kier alpha value is -4.65. The largest absolute Gasteiger partial charge is 0.359 e. The zero-order chi connectivity index (χ0) is 26.8. The molecule has 8 rings (SSSR count). The molecule has 4 aliphatic rings. The number of nitrogens with zero attached hydrogens (tertiary/aromatic N) is 4. The van der Waals surface area contributed by atoms with E-state index >= 15 is 0 Å². The van der Waals surface area contributed by atoms with Crippen molar-refractivity contribution in [3.8, 4) is 0 Å². The van der Waals surface area contributed by atoms with Crippen LogP contribution < -0.4 is 10.7 Å². The maximum Gasteiger partial charge on any atom is 0.256 e. The molecule has 4 aromatic rings. The summed E-state index contributed by atoms with van der Waals surface area (Å²) in [6.45, 7) is 0. The molecule has 40 heavy (non-hydrogen) atoms. The molecule has 0 saturated heterocycles. The van der Waals surface area contributed by atoms with Gasteiger partial charge in [0.25, 0.3) is 5.91 Å². The summed E-state index contributed by atoms with van der Waals surface area (Å²) in [5.41, 5.74) is 6.07. The van der Waals surface area contributed by atoms with Gasteiger partial charge in [0.2, 0.25) is 0 Å². The predicted octanol–water partition coefficient (Wildman–Crippen LogP) is 4.24. The van der Waals surface area contributed by atoms with E-state index in [1.165, 1.54) is 0 Å². The molecule has 7 nitrogen and oxygen atoms in total. The van der Waals surface area contributed by atoms with Gasteiger partial charge in [-0.1, -0.05) is 6.07 Å². The summed E-state index contributed by atoms with van der Waals surface area (Å²) in [6, 6.07) is 16.7. The van der Waals surface area contributed by atoms with Gasteiger partial charge in [-0.05, 0) is 98.5 Å². The Morgan fingerprint density at radius 3 is 2.75 bits per heavy atom. The van der Waals surface area contributed by atoms with Gasteiger partial charge in [-0.3, -0.25) is 9.79 Å². The molecule has 3 aliphatic heterocycles. The smallest absolute Gasteiger partial charge is 0.256 e. The number of hydrogen-bond donors (Lipinski definition) is 2. The third kappa shape index (κ3) is 3.92. The van der Waals surface area contributed by atoms with Crippen LogP contribution in [0, 0.1) is 0 Å². The van der Waals surface area contributed by atoms with Crippen LogP contribution in [-0.2, 0) is 13.5 Å². The monoisotopic (exact) mass is 526 g/mol. The van der Waals surface area contributed by atoms with Crippen molar-refractivity contribution in [2.45, 2.75) is 43.8 Å². The molecule has 1 saturated carbocycles. The first-order valence-electron chi connectivity index (χ1n) is 14.0. The summed E-state index contributed by atoms with van der Waals surface area (Å²) >= 11 is 0. The molecule has 1 aromatic carbocycles. The molecular weight excluding hydrogens is 496 g/mol. The fourth-order valence-corrected chi connectivity index (χ4v) is 6.45. The minimum absolute atomic E-state index is 0.0716. The Balaban J connectivity index is 1.29. The Morgan fingerprint density at radius 1 is 1.00 bits per heavy atom. The van der Waals surface area contributed by atoms with Gasteiger partial charge in [-0.25, -0.2) is 4.99 Å². The number of hydrogen-bond acceptors (Lipinski definition) is 3. The van der Waals surface area contributed by atoms with Gasteiger partial charge in [-0.2, -0.15) is 0 Å². The number of aliphatic imine (C=N–C) groups is 2. The van der Waals surface area contributed by atoms with Crippen LogP contribution in [-0.4, -0.2) is 48.5 Å². The fraction of sp³-hybridized carbons (Fsp3) is 0.242. The average Bonchev–Trinajstić information content (AvgIpc) is 3.40. The third-order valence-electron chi connectivity index (χ3n) is 8.46. The molecule has 6 heterocycles. The number of aromatic amines is 2. The highest BCUT2D eigenvalue weighted by Crippen LogP contribution is 2.43. The Kier molecular flexibility index (Phi) is 5.05. The molecule has 198 valence electrons. The number of aryl methyl sites for hydroxylation is 1. The summed E-state index contributed by atoms with van der Waals surface area (Å²) in [4.78, 5) is 33.9. The Bertz CT molecular complexity index is 1940. The van der Waals surface area contributed by atoms with Crippen molar-refractivity contribution in [3.05, 3.63) is 100 Å². The Labute approximate surface area is 231 Å². The van der Waals surface area contributed by atoms with E-state index in [0.29, 0.717) is 6.42 Å². The number of aromatic nitrogens is 3. The van der Waals surface area contributed by atoms with Crippen molar-refractivity contribution in [2.75, 3.05) is 0 Å². The predicted molar refractivity (Wildman–Crippen MR) is 160 cm³/mol. The molecule has 2 N–H and O–H groups in total. The summed E-state index contributed by atoms with van der Waals surface area (Å²) in [5.74, 6) is 0.0716. The van der Waals surface area contributed by atoms with Crippen LogP contribution in [0.5, 0.6) is 0 Å². The van der Waals surface area contributed by atoms with Gasteiger partial charge >= 0.3 is 0 Å². The Morgan fingerprint density at radius 2 is 1.88 bits per heavy atom. The zero-order valence-electron chi connectivity index (χ0n) is 22.4. The van der Waals surface area contributed by atoms with Crippen LogP contribution in [0.15, 0.2) is 82.6 Å². The minimum Gasteiger partial charge on any atom is -0.359 e. The summed E-state index contributed by atoms with van der Waals surface area (Å²) in [7, 11) is 2.02. The molecule has 3 aromatic heterocycles. The molecule has 1 amide bonds. The molecular formula is C33H30N6O. The van der Waals surface area contributed by atoms with E-state index in [2.05, 4.69) is 74.1 Å². The second kappa shape index (κ2) is 8.68. The van der Waals surface area contributed by atoms with Gasteiger partial charge < -0.3 is 19.4 Å². The summed E-state index contributed by atoms with van der Waals surface area (Å²) < 4.78 is 2.07. The van der Waals surface area contributed by atoms with Crippen molar-refractivity contribution in [1.82, 2.24) is 19.4 Å². The zero-order valence-corrected chi connectivity index (χ0v) is 22.4. The average molecular weight is 527 g/mol. The number of nitrogens with one attached hydrogen (secondary N) is 2. The second-order valence-corrected chi connectivity index (χ2v) is 11.4. The van der Waals surface area contributed by atoms with Crippen LogP contribution in [0.4, 0.5) is 0 Å². The quantitative estimate of drug-likeness (QED) is 0.412. The van der Waals surface area contributed by atoms with Crippen molar-refractivity contribution in [1.29, 1.82) is 0 Å². The number of carbonyl (C=O) groups is 1. The lowest BCUT2D eigenvalue weighted by Crippen LogP contribution is -2.52. The summed E-state index contributed by atoms with van der Waals surface area (Å²) in [5, 5.41) is 3.00. The van der Waals surface area contributed by atoms with E-state index in [9.17, 15) is 4.79 Å². The van der Waals surface area contributed by atoms with Gasteiger partial charge in [-0.15, -0.1) is 0 Å². The maximum atomic E-state index is 14.5. The van der Waals surface area contributed by atoms with E-state index in [4.69, 9.17) is 9.98 Å². The maximum absolute atomic E-state index is 14.5. The molecule has 8 bridgehead atoms. The SMILES string of the molecule is Cn1ccc2c(C(=O)N(C3CC3)C34CCC(=N3)C=c3ccc([nH]3)=CC3=NC(=Cc5ccc([nH]5)C4)C=C3)cccc21. The first-order chi connectivity index (χ1) is 19.5. The van der Waals surface area contributed by atoms with Crippen LogP contribution in [0.25, 0.3) is 29.1 Å². The lowest BCUT2D eigenvalue weighted by molar-refractivity contribution is 0.0455. The normalized spacial score (nSPS) is 21.5. The first-order valence-corrected chi connectivity index (χ1v) is 14.0. The number of carbonyl (C=O) groups excluding carboxylic acids is 1. The first kappa shape index (κ1) is 23.3. The van der Waals surface area contributed by atoms with Crippen LogP contribution in [0.1, 0.15) is 47.4 Å². The number of allylic oxidation sites excluding steroid dienone is 2. The molecule has 1 atom stereocenters. The van der Waals surface area contributed by atoms with E-state index in [1.54, 1.807) is 0 Å². The molecule has 0 radical (unpaired) electrons. The van der Waals surface area contributed by atoms with E-state index < -0.39 is 5.66 Å². The van der Waals surface area contributed by atoms with Gasteiger partial charge in [0.05, 0.1) is 11.4 Å². The van der Waals surface area contributed by atoms with E-state index in [0.717, 1.165) is 81.4 Å². The van der Waals surface area contributed by atoms with Crippen molar-refractivity contribution in [3.63, 3.8) is 0 Å². The minimum atomic E-state index is -0.659. The fourth-order valence-electron chi connectivity index (χ4n) is 6.45. The van der Waals surface area contributed by atoms with Crippen molar-refractivity contribution < 1.29 is 4.79 Å². The number of benzene rings is 1. The van der Waals surface area contributed by atoms with E-state index in [1.807, 2.05) is 37.5 Å². The molecule has 1 aliphatic carbocycles. The van der Waals surface area contributed by atoms with Crippen LogP contribution in [0.2, 0.25) is 0 Å². The lowest BCUT2D eigenvalue weighted by atomic mass is 9.96. The third-order valence-corrected chi connectivity index (χ3v) is 8.46. The van der Waals surface area contributed by atoms with Gasteiger partial charge in [0.15, 0.2) is 0 Å². The second-order valence-electron chi connectivity index (χ2n) is 11.4. The highest BCUT2D eigenvalue weighted by Gasteiger charge is 2.49. The van der Waals surface area contributed by atoms with Crippen LogP contribution in [0.3, 0.4) is 0 Å².